The Kier molecular flexibility index (Phi) is 4.10. The topological polar surface area (TPSA) is 72.2 Å². The lowest BCUT2D eigenvalue weighted by Crippen LogP contribution is -2.15. The minimum atomic E-state index is -4.24. The third-order valence-corrected chi connectivity index (χ3v) is 3.29. The summed E-state index contributed by atoms with van der Waals surface area (Å²) in [6.45, 7) is -0.314. The fourth-order valence-corrected chi connectivity index (χ4v) is 1.93. The molecule has 0 heterocycles. The Morgan fingerprint density at radius 2 is 1.94 bits per heavy atom. The van der Waals surface area contributed by atoms with Gasteiger partial charge in [-0.1, -0.05) is 0 Å². The van der Waals surface area contributed by atoms with Crippen LogP contribution in [0.4, 0.5) is 24.5 Å². The van der Waals surface area contributed by atoms with Crippen LogP contribution < -0.4 is 11.1 Å². The smallest absolute Gasteiger partial charge is 0.390 e. The first-order valence-corrected chi connectivity index (χ1v) is 6.89. The maximum Gasteiger partial charge on any atom is 0.390 e. The Balaban J connectivity index is 2.75. The first-order chi connectivity index (χ1) is 8.09. The molecule has 0 saturated heterocycles. The highest BCUT2D eigenvalue weighted by atomic mass is 32.2. The van der Waals surface area contributed by atoms with Gasteiger partial charge in [-0.25, -0.2) is 8.42 Å². The van der Waals surface area contributed by atoms with Crippen LogP contribution in [0.5, 0.6) is 0 Å². The summed E-state index contributed by atoms with van der Waals surface area (Å²) in [7, 11) is -3.37. The summed E-state index contributed by atoms with van der Waals surface area (Å²) < 4.78 is 58.2. The molecule has 0 fully saturated rings. The monoisotopic (exact) mass is 282 g/mol. The van der Waals surface area contributed by atoms with E-state index in [9.17, 15) is 21.6 Å². The summed E-state index contributed by atoms with van der Waals surface area (Å²) in [5.74, 6) is 0. The van der Waals surface area contributed by atoms with Crippen LogP contribution in [-0.4, -0.2) is 27.4 Å². The van der Waals surface area contributed by atoms with Crippen molar-refractivity contribution >= 4 is 21.2 Å². The number of nitrogens with one attached hydrogen (secondary N) is 1. The largest absolute Gasteiger partial charge is 0.397 e. The second-order valence-electron chi connectivity index (χ2n) is 3.81. The first-order valence-electron chi connectivity index (χ1n) is 5.00. The number of anilines is 2. The van der Waals surface area contributed by atoms with E-state index in [0.717, 1.165) is 6.26 Å². The van der Waals surface area contributed by atoms with Crippen LogP contribution in [0.25, 0.3) is 0 Å². The van der Waals surface area contributed by atoms with Gasteiger partial charge in [0.2, 0.25) is 0 Å². The number of alkyl halides is 3. The molecular weight excluding hydrogens is 269 g/mol. The molecule has 0 bridgehead atoms. The van der Waals surface area contributed by atoms with Gasteiger partial charge in [0.25, 0.3) is 0 Å². The van der Waals surface area contributed by atoms with E-state index < -0.39 is 22.4 Å². The minimum Gasteiger partial charge on any atom is -0.397 e. The zero-order chi connectivity index (χ0) is 14.0. The zero-order valence-electron chi connectivity index (χ0n) is 9.58. The highest BCUT2D eigenvalue weighted by molar-refractivity contribution is 7.90. The molecule has 0 atom stereocenters. The van der Waals surface area contributed by atoms with E-state index in [1.807, 2.05) is 0 Å². The average Bonchev–Trinajstić information content (AvgIpc) is 2.17. The van der Waals surface area contributed by atoms with Crippen LogP contribution in [-0.2, 0) is 9.84 Å². The van der Waals surface area contributed by atoms with Crippen molar-refractivity contribution in [3.8, 4) is 0 Å². The molecule has 18 heavy (non-hydrogen) atoms. The number of hydrogen-bond donors (Lipinski definition) is 2. The normalized spacial score (nSPS) is 12.4. The van der Waals surface area contributed by atoms with Crippen LogP contribution in [0.15, 0.2) is 23.1 Å². The molecule has 0 amide bonds. The number of halogens is 3. The fourth-order valence-electron chi connectivity index (χ4n) is 1.27. The average molecular weight is 282 g/mol. The number of benzene rings is 1. The number of nitrogens with two attached hydrogens (primary N) is 1. The van der Waals surface area contributed by atoms with Crippen molar-refractivity contribution in [2.75, 3.05) is 23.9 Å². The molecule has 102 valence electrons. The second kappa shape index (κ2) is 5.05. The number of sulfone groups is 1. The highest BCUT2D eigenvalue weighted by Gasteiger charge is 2.26. The molecule has 0 unspecified atom stereocenters. The van der Waals surface area contributed by atoms with Gasteiger partial charge in [-0.15, -0.1) is 0 Å². The molecule has 0 saturated carbocycles. The molecule has 0 radical (unpaired) electrons. The van der Waals surface area contributed by atoms with E-state index in [1.54, 1.807) is 0 Å². The summed E-state index contributed by atoms with van der Waals surface area (Å²) in [4.78, 5) is 0.0290. The molecule has 0 aliphatic heterocycles. The Hall–Kier alpha value is -1.44. The predicted octanol–water partition coefficient (Wildman–Crippen LogP) is 2.04. The zero-order valence-corrected chi connectivity index (χ0v) is 10.4. The molecule has 3 N–H and O–H groups in total. The quantitative estimate of drug-likeness (QED) is 0.829. The third kappa shape index (κ3) is 4.44. The summed E-state index contributed by atoms with van der Waals surface area (Å²) in [5, 5.41) is 2.51. The summed E-state index contributed by atoms with van der Waals surface area (Å²) in [6, 6.07) is 3.86. The lowest BCUT2D eigenvalue weighted by atomic mass is 10.2. The molecule has 0 aliphatic carbocycles. The van der Waals surface area contributed by atoms with Gasteiger partial charge in [0.1, 0.15) is 0 Å². The van der Waals surface area contributed by atoms with Crippen LogP contribution in [0.2, 0.25) is 0 Å². The van der Waals surface area contributed by atoms with Gasteiger partial charge in [-0.2, -0.15) is 13.2 Å². The molecule has 8 heteroatoms. The maximum absolute atomic E-state index is 11.9. The van der Waals surface area contributed by atoms with E-state index >= 15 is 0 Å². The maximum atomic E-state index is 11.9. The first kappa shape index (κ1) is 14.6. The molecule has 0 aromatic heterocycles. The number of nitrogen functional groups attached to an aromatic ring is 1. The minimum absolute atomic E-state index is 0.0290. The van der Waals surface area contributed by atoms with E-state index in [4.69, 9.17) is 5.73 Å². The van der Waals surface area contributed by atoms with Crippen molar-refractivity contribution in [1.82, 2.24) is 0 Å². The van der Waals surface area contributed by atoms with Gasteiger partial charge in [-0.3, -0.25) is 0 Å². The van der Waals surface area contributed by atoms with Crippen LogP contribution >= 0.6 is 0 Å². The van der Waals surface area contributed by atoms with Gasteiger partial charge >= 0.3 is 6.18 Å². The molecule has 1 aromatic rings. The van der Waals surface area contributed by atoms with Crippen LogP contribution in [0.1, 0.15) is 6.42 Å². The lowest BCUT2D eigenvalue weighted by molar-refractivity contribution is -0.131. The molecule has 0 spiro atoms. The summed E-state index contributed by atoms with van der Waals surface area (Å²) in [5.41, 5.74) is 5.94. The van der Waals surface area contributed by atoms with E-state index in [-0.39, 0.29) is 22.8 Å². The molecule has 0 aliphatic rings. The van der Waals surface area contributed by atoms with E-state index in [0.29, 0.717) is 0 Å². The fraction of sp³-hybridized carbons (Fsp3) is 0.400. The van der Waals surface area contributed by atoms with Crippen molar-refractivity contribution in [3.63, 3.8) is 0 Å². The SMILES string of the molecule is CS(=O)(=O)c1ccc(NCCC(F)(F)F)c(N)c1. The van der Waals surface area contributed by atoms with Crippen molar-refractivity contribution in [1.29, 1.82) is 0 Å². The van der Waals surface area contributed by atoms with Gasteiger partial charge in [0, 0.05) is 12.8 Å². The second-order valence-corrected chi connectivity index (χ2v) is 5.83. The summed E-state index contributed by atoms with van der Waals surface area (Å²) >= 11 is 0. The highest BCUT2D eigenvalue weighted by Crippen LogP contribution is 2.24. The van der Waals surface area contributed by atoms with Crippen molar-refractivity contribution in [2.24, 2.45) is 0 Å². The Morgan fingerprint density at radius 1 is 1.33 bits per heavy atom. The van der Waals surface area contributed by atoms with Gasteiger partial charge in [-0.05, 0) is 18.2 Å². The van der Waals surface area contributed by atoms with Crippen LogP contribution in [0, 0.1) is 0 Å². The Bertz CT molecular complexity index is 526. The molecule has 4 nitrogen and oxygen atoms in total. The van der Waals surface area contributed by atoms with Crippen molar-refractivity contribution < 1.29 is 21.6 Å². The summed E-state index contributed by atoms with van der Waals surface area (Å²) in [6.07, 6.45) is -4.20. The molecule has 1 rings (SSSR count). The van der Waals surface area contributed by atoms with Gasteiger partial charge in [0.15, 0.2) is 9.84 Å². The van der Waals surface area contributed by atoms with Crippen molar-refractivity contribution in [2.45, 2.75) is 17.5 Å². The predicted molar refractivity (Wildman–Crippen MR) is 63.1 cm³/mol. The van der Waals surface area contributed by atoms with E-state index in [2.05, 4.69) is 5.32 Å². The molecular formula is C10H13F3N2O2S. The van der Waals surface area contributed by atoms with Crippen molar-refractivity contribution in [3.05, 3.63) is 18.2 Å². The standard InChI is InChI=1S/C10H13F3N2O2S/c1-18(16,17)7-2-3-9(8(14)6-7)15-5-4-10(11,12)13/h2-3,6,15H,4-5,14H2,1H3. The van der Waals surface area contributed by atoms with Crippen LogP contribution in [0.3, 0.4) is 0 Å². The lowest BCUT2D eigenvalue weighted by Gasteiger charge is -2.11. The Morgan fingerprint density at radius 3 is 2.39 bits per heavy atom. The number of hydrogen-bond acceptors (Lipinski definition) is 4. The van der Waals surface area contributed by atoms with E-state index in [1.165, 1.54) is 18.2 Å². The molecule has 1 aromatic carbocycles. The van der Waals surface area contributed by atoms with Gasteiger partial charge < -0.3 is 11.1 Å². The Labute approximate surface area is 103 Å². The third-order valence-electron chi connectivity index (χ3n) is 2.18. The van der Waals surface area contributed by atoms with Gasteiger partial charge in [0.05, 0.1) is 22.7 Å². The number of rotatable bonds is 4.